The lowest BCUT2D eigenvalue weighted by Gasteiger charge is -2.16. The third-order valence-electron chi connectivity index (χ3n) is 5.23. The summed E-state index contributed by atoms with van der Waals surface area (Å²) in [7, 11) is 1.92. The Morgan fingerprint density at radius 2 is 1.81 bits per heavy atom. The number of hydrogen-bond acceptors (Lipinski definition) is 3. The van der Waals surface area contributed by atoms with Crippen molar-refractivity contribution in [2.24, 2.45) is 7.05 Å². The Hall–Kier alpha value is -2.63. The van der Waals surface area contributed by atoms with E-state index in [-0.39, 0.29) is 18.5 Å². The minimum Gasteiger partial charge on any atom is -0.348 e. The van der Waals surface area contributed by atoms with Gasteiger partial charge in [-0.3, -0.25) is 9.48 Å². The molecule has 0 spiro atoms. The number of carbonyl (C=O) groups excluding carboxylic acids is 1. The second-order valence-corrected chi connectivity index (χ2v) is 7.17. The minimum atomic E-state index is -0.0877. The van der Waals surface area contributed by atoms with Crippen LogP contribution in [0.25, 0.3) is 11.0 Å². The monoisotopic (exact) mass is 353 g/mol. The molecular weight excluding hydrogens is 326 g/mol. The van der Waals surface area contributed by atoms with Gasteiger partial charge in [0.15, 0.2) is 0 Å². The van der Waals surface area contributed by atoms with Crippen LogP contribution in [0.4, 0.5) is 0 Å². The van der Waals surface area contributed by atoms with Gasteiger partial charge in [0.05, 0.1) is 22.8 Å². The van der Waals surface area contributed by atoms with Crippen LogP contribution in [0.1, 0.15) is 46.9 Å². The molecule has 1 amide bonds. The first kappa shape index (κ1) is 18.2. The molecule has 1 atom stereocenters. The Balaban J connectivity index is 1.83. The SMILES string of the molecule is Cc1cc2nc(C)n(CC(=O)N[C@H](C)c3c(C)nn(C)c3C)c2cc1C. The summed E-state index contributed by atoms with van der Waals surface area (Å²) >= 11 is 0. The van der Waals surface area contributed by atoms with Crippen LogP contribution in [-0.2, 0) is 18.4 Å². The van der Waals surface area contributed by atoms with Crippen molar-refractivity contribution >= 4 is 16.9 Å². The Labute approximate surface area is 154 Å². The van der Waals surface area contributed by atoms with Gasteiger partial charge in [0, 0.05) is 18.3 Å². The maximum atomic E-state index is 12.7. The third kappa shape index (κ3) is 3.11. The summed E-state index contributed by atoms with van der Waals surface area (Å²) in [5.41, 5.74) is 7.46. The molecule has 1 aromatic carbocycles. The Bertz CT molecular complexity index is 996. The van der Waals surface area contributed by atoms with E-state index in [1.807, 2.05) is 44.0 Å². The van der Waals surface area contributed by atoms with Crippen molar-refractivity contribution in [1.82, 2.24) is 24.6 Å². The van der Waals surface area contributed by atoms with Gasteiger partial charge >= 0.3 is 0 Å². The van der Waals surface area contributed by atoms with E-state index in [1.54, 1.807) is 0 Å². The average molecular weight is 353 g/mol. The number of imidazole rings is 1. The molecule has 6 heteroatoms. The van der Waals surface area contributed by atoms with Gasteiger partial charge in [-0.2, -0.15) is 5.10 Å². The standard InChI is InChI=1S/C20H27N5O/c1-11-8-17-18(9-12(11)2)25(16(6)22-17)10-19(26)21-13(3)20-14(4)23-24(7)15(20)5/h8-9,13H,10H2,1-7H3,(H,21,26)/t13-/m1/s1. The molecule has 1 N–H and O–H groups in total. The molecule has 0 radical (unpaired) electrons. The number of carbonyl (C=O) groups is 1. The first-order chi connectivity index (χ1) is 12.2. The highest BCUT2D eigenvalue weighted by Crippen LogP contribution is 2.22. The summed E-state index contributed by atoms with van der Waals surface area (Å²) in [4.78, 5) is 17.3. The maximum Gasteiger partial charge on any atom is 0.240 e. The second kappa shape index (κ2) is 6.59. The van der Waals surface area contributed by atoms with Crippen LogP contribution < -0.4 is 5.32 Å². The summed E-state index contributed by atoms with van der Waals surface area (Å²) < 4.78 is 3.83. The Morgan fingerprint density at radius 1 is 1.15 bits per heavy atom. The third-order valence-corrected chi connectivity index (χ3v) is 5.23. The molecule has 0 aliphatic rings. The second-order valence-electron chi connectivity index (χ2n) is 7.17. The number of aromatic nitrogens is 4. The molecule has 3 aromatic rings. The topological polar surface area (TPSA) is 64.7 Å². The highest BCUT2D eigenvalue weighted by Gasteiger charge is 2.19. The van der Waals surface area contributed by atoms with Crippen LogP contribution in [0.3, 0.4) is 0 Å². The number of hydrogen-bond donors (Lipinski definition) is 1. The van der Waals surface area contributed by atoms with Crippen LogP contribution in [0.5, 0.6) is 0 Å². The van der Waals surface area contributed by atoms with E-state index in [1.165, 1.54) is 11.1 Å². The normalized spacial score (nSPS) is 12.6. The van der Waals surface area contributed by atoms with E-state index in [4.69, 9.17) is 0 Å². The first-order valence-electron chi connectivity index (χ1n) is 8.92. The van der Waals surface area contributed by atoms with Crippen LogP contribution in [0.2, 0.25) is 0 Å². The predicted octanol–water partition coefficient (Wildman–Crippen LogP) is 3.19. The van der Waals surface area contributed by atoms with E-state index >= 15 is 0 Å². The van der Waals surface area contributed by atoms with Crippen molar-refractivity contribution in [3.63, 3.8) is 0 Å². The summed E-state index contributed by atoms with van der Waals surface area (Å²) in [6.07, 6.45) is 0. The van der Waals surface area contributed by atoms with Crippen LogP contribution >= 0.6 is 0 Å². The van der Waals surface area contributed by atoms with E-state index in [0.29, 0.717) is 0 Å². The molecule has 138 valence electrons. The molecule has 0 bridgehead atoms. The largest absolute Gasteiger partial charge is 0.348 e. The lowest BCUT2D eigenvalue weighted by atomic mass is 10.1. The number of rotatable bonds is 4. The van der Waals surface area contributed by atoms with Gasteiger partial charge in [-0.05, 0) is 64.8 Å². The lowest BCUT2D eigenvalue weighted by molar-refractivity contribution is -0.122. The summed E-state index contributed by atoms with van der Waals surface area (Å²) in [6, 6.07) is 4.10. The molecule has 2 heterocycles. The van der Waals surface area contributed by atoms with Gasteiger partial charge in [-0.15, -0.1) is 0 Å². The van der Waals surface area contributed by atoms with Crippen molar-refractivity contribution < 1.29 is 4.79 Å². The number of fused-ring (bicyclic) bond motifs is 1. The first-order valence-corrected chi connectivity index (χ1v) is 8.92. The number of nitrogens with one attached hydrogen (secondary N) is 1. The number of nitrogens with zero attached hydrogens (tertiary/aromatic N) is 4. The fourth-order valence-electron chi connectivity index (χ4n) is 3.62. The van der Waals surface area contributed by atoms with Crippen molar-refractivity contribution in [3.05, 3.63) is 46.0 Å². The molecular formula is C20H27N5O. The summed E-state index contributed by atoms with van der Waals surface area (Å²) in [5, 5.41) is 7.54. The lowest BCUT2D eigenvalue weighted by Crippen LogP contribution is -2.31. The van der Waals surface area contributed by atoms with Gasteiger partial charge < -0.3 is 9.88 Å². The molecule has 26 heavy (non-hydrogen) atoms. The number of amides is 1. The molecule has 0 aliphatic carbocycles. The van der Waals surface area contributed by atoms with Crippen molar-refractivity contribution in [1.29, 1.82) is 0 Å². The zero-order chi connectivity index (χ0) is 19.2. The van der Waals surface area contributed by atoms with Crippen LogP contribution in [0.15, 0.2) is 12.1 Å². The van der Waals surface area contributed by atoms with Gasteiger partial charge in [0.1, 0.15) is 12.4 Å². The summed E-state index contributed by atoms with van der Waals surface area (Å²) in [5.74, 6) is 0.822. The molecule has 3 rings (SSSR count). The minimum absolute atomic E-state index is 0.0271. The van der Waals surface area contributed by atoms with Gasteiger partial charge in [-0.25, -0.2) is 4.98 Å². The average Bonchev–Trinajstić information content (AvgIpc) is 2.96. The van der Waals surface area contributed by atoms with Gasteiger partial charge in [-0.1, -0.05) is 0 Å². The van der Waals surface area contributed by atoms with Crippen LogP contribution in [0, 0.1) is 34.6 Å². The van der Waals surface area contributed by atoms with Crippen LogP contribution in [-0.4, -0.2) is 25.2 Å². The maximum absolute atomic E-state index is 12.7. The Kier molecular flexibility index (Phi) is 4.61. The highest BCUT2D eigenvalue weighted by atomic mass is 16.2. The molecule has 0 aliphatic heterocycles. The van der Waals surface area contributed by atoms with Crippen molar-refractivity contribution in [2.75, 3.05) is 0 Å². The van der Waals surface area contributed by atoms with Crippen molar-refractivity contribution in [3.8, 4) is 0 Å². The quantitative estimate of drug-likeness (QED) is 0.783. The van der Waals surface area contributed by atoms with E-state index in [9.17, 15) is 4.79 Å². The van der Waals surface area contributed by atoms with E-state index in [2.05, 4.69) is 41.4 Å². The van der Waals surface area contributed by atoms with Crippen molar-refractivity contribution in [2.45, 2.75) is 54.1 Å². The highest BCUT2D eigenvalue weighted by molar-refractivity contribution is 5.82. The predicted molar refractivity (Wildman–Crippen MR) is 103 cm³/mol. The van der Waals surface area contributed by atoms with E-state index in [0.717, 1.165) is 33.8 Å². The van der Waals surface area contributed by atoms with E-state index < -0.39 is 0 Å². The van der Waals surface area contributed by atoms with Gasteiger partial charge in [0.2, 0.25) is 5.91 Å². The number of aryl methyl sites for hydroxylation is 5. The molecule has 6 nitrogen and oxygen atoms in total. The Morgan fingerprint density at radius 3 is 2.42 bits per heavy atom. The smallest absolute Gasteiger partial charge is 0.240 e. The molecule has 0 saturated heterocycles. The number of benzene rings is 1. The van der Waals surface area contributed by atoms with Gasteiger partial charge in [0.25, 0.3) is 0 Å². The molecule has 0 saturated carbocycles. The fourth-order valence-corrected chi connectivity index (χ4v) is 3.62. The molecule has 2 aromatic heterocycles. The summed E-state index contributed by atoms with van der Waals surface area (Å²) in [6.45, 7) is 12.4. The molecule has 0 unspecified atom stereocenters. The zero-order valence-corrected chi connectivity index (χ0v) is 16.6. The molecule has 0 fully saturated rings. The zero-order valence-electron chi connectivity index (χ0n) is 16.6. The fraction of sp³-hybridized carbons (Fsp3) is 0.450.